The molecule has 1 aliphatic heterocycles. The Morgan fingerprint density at radius 3 is 2.59 bits per heavy atom. The summed E-state index contributed by atoms with van der Waals surface area (Å²) in [7, 11) is -3.63. The van der Waals surface area contributed by atoms with Crippen LogP contribution in [0, 0.1) is 0 Å². The lowest BCUT2D eigenvalue weighted by atomic mass is 10.2. The number of benzene rings is 2. The summed E-state index contributed by atoms with van der Waals surface area (Å²) in [5, 5.41) is 3.68. The van der Waals surface area contributed by atoms with E-state index >= 15 is 0 Å². The summed E-state index contributed by atoms with van der Waals surface area (Å²) in [5.41, 5.74) is 2.13. The molecule has 3 aromatic rings. The molecule has 0 amide bonds. The average Bonchev–Trinajstić information content (AvgIpc) is 2.91. The molecular weight excluding hydrogens is 300 g/mol. The number of para-hydroxylation sites is 1. The predicted octanol–water partition coefficient (Wildman–Crippen LogP) is 3.26. The summed E-state index contributed by atoms with van der Waals surface area (Å²) in [6, 6.07) is 11.9. The fourth-order valence-electron chi connectivity index (χ4n) is 2.81. The minimum atomic E-state index is -3.63. The van der Waals surface area contributed by atoms with E-state index in [-0.39, 0.29) is 15.6 Å². The molecular formula is C16H12N2O3S. The summed E-state index contributed by atoms with van der Waals surface area (Å²) in [4.78, 5) is 15.0. The molecule has 0 unspecified atom stereocenters. The maximum absolute atomic E-state index is 12.9. The molecule has 110 valence electrons. The summed E-state index contributed by atoms with van der Waals surface area (Å²) in [5.74, 6) is -0.133. The van der Waals surface area contributed by atoms with E-state index in [1.807, 2.05) is 0 Å². The number of rotatable bonds is 1. The van der Waals surface area contributed by atoms with Gasteiger partial charge in [0.25, 0.3) is 0 Å². The van der Waals surface area contributed by atoms with Crippen molar-refractivity contribution in [2.75, 3.05) is 5.32 Å². The molecule has 0 saturated heterocycles. The van der Waals surface area contributed by atoms with Crippen LogP contribution in [0.25, 0.3) is 10.9 Å². The van der Waals surface area contributed by atoms with Crippen LogP contribution in [0.1, 0.15) is 17.4 Å². The van der Waals surface area contributed by atoms with Crippen LogP contribution < -0.4 is 5.32 Å². The van der Waals surface area contributed by atoms with Gasteiger partial charge in [0.15, 0.2) is 5.78 Å². The molecule has 0 radical (unpaired) electrons. The van der Waals surface area contributed by atoms with Crippen molar-refractivity contribution in [2.45, 2.75) is 16.7 Å². The number of ketones is 1. The molecule has 0 aliphatic carbocycles. The molecule has 6 heteroatoms. The Bertz CT molecular complexity index is 1050. The van der Waals surface area contributed by atoms with Crippen LogP contribution in [0.15, 0.2) is 52.3 Å². The third-order valence-electron chi connectivity index (χ3n) is 3.85. The SMILES string of the molecule is CC(=O)c1cc2c3c(ccc2[nH]1)Nc1ccccc1S3(=O)=O. The summed E-state index contributed by atoms with van der Waals surface area (Å²) in [6.07, 6.45) is 0. The normalized spacial score (nSPS) is 15.0. The van der Waals surface area contributed by atoms with Crippen LogP contribution in [-0.4, -0.2) is 19.2 Å². The lowest BCUT2D eigenvalue weighted by Gasteiger charge is -2.21. The van der Waals surface area contributed by atoms with Crippen molar-refractivity contribution >= 4 is 37.9 Å². The number of aromatic nitrogens is 1. The van der Waals surface area contributed by atoms with Crippen molar-refractivity contribution in [3.8, 4) is 0 Å². The zero-order valence-electron chi connectivity index (χ0n) is 11.7. The molecule has 2 N–H and O–H groups in total. The van der Waals surface area contributed by atoms with Gasteiger partial charge in [-0.2, -0.15) is 0 Å². The fraction of sp³-hybridized carbons (Fsp3) is 0.0625. The van der Waals surface area contributed by atoms with Crippen LogP contribution in [0.2, 0.25) is 0 Å². The Kier molecular flexibility index (Phi) is 2.50. The monoisotopic (exact) mass is 312 g/mol. The molecule has 0 atom stereocenters. The summed E-state index contributed by atoms with van der Waals surface area (Å²) >= 11 is 0. The second-order valence-electron chi connectivity index (χ2n) is 5.27. The van der Waals surface area contributed by atoms with Crippen LogP contribution >= 0.6 is 0 Å². The van der Waals surface area contributed by atoms with E-state index in [1.165, 1.54) is 6.92 Å². The highest BCUT2D eigenvalue weighted by Crippen LogP contribution is 2.42. The Hall–Kier alpha value is -2.60. The van der Waals surface area contributed by atoms with E-state index in [4.69, 9.17) is 0 Å². The van der Waals surface area contributed by atoms with Gasteiger partial charge in [0.2, 0.25) is 9.84 Å². The van der Waals surface area contributed by atoms with Crippen LogP contribution in [0.3, 0.4) is 0 Å². The largest absolute Gasteiger partial charge is 0.353 e. The molecule has 1 aliphatic rings. The van der Waals surface area contributed by atoms with Crippen LogP contribution in [0.5, 0.6) is 0 Å². The third kappa shape index (κ3) is 1.64. The highest BCUT2D eigenvalue weighted by Gasteiger charge is 2.31. The lowest BCUT2D eigenvalue weighted by molar-refractivity contribution is 0.101. The molecule has 5 nitrogen and oxygen atoms in total. The zero-order chi connectivity index (χ0) is 15.5. The smallest absolute Gasteiger partial charge is 0.211 e. The van der Waals surface area contributed by atoms with Gasteiger partial charge in [-0.3, -0.25) is 4.79 Å². The predicted molar refractivity (Wildman–Crippen MR) is 83.5 cm³/mol. The molecule has 2 heterocycles. The first kappa shape index (κ1) is 13.1. The molecule has 0 bridgehead atoms. The second kappa shape index (κ2) is 4.20. The number of aromatic amines is 1. The minimum Gasteiger partial charge on any atom is -0.353 e. The Morgan fingerprint density at radius 2 is 1.82 bits per heavy atom. The van der Waals surface area contributed by atoms with E-state index in [0.717, 1.165) is 0 Å². The van der Waals surface area contributed by atoms with Gasteiger partial charge in [0, 0.05) is 17.8 Å². The van der Waals surface area contributed by atoms with E-state index in [2.05, 4.69) is 10.3 Å². The standard InChI is InChI=1S/C16H12N2O3S/c1-9(19)14-8-10-11(17-14)6-7-13-16(10)22(20,21)15-5-3-2-4-12(15)18-13/h2-8,17-18H,1H3. The molecule has 22 heavy (non-hydrogen) atoms. The number of hydrogen-bond acceptors (Lipinski definition) is 4. The molecule has 1 aromatic heterocycles. The Labute approximate surface area is 126 Å². The van der Waals surface area contributed by atoms with Gasteiger partial charge in [0.05, 0.1) is 22.0 Å². The van der Waals surface area contributed by atoms with Gasteiger partial charge in [-0.25, -0.2) is 8.42 Å². The van der Waals surface area contributed by atoms with Gasteiger partial charge >= 0.3 is 0 Å². The number of carbonyl (C=O) groups excluding carboxylic acids is 1. The van der Waals surface area contributed by atoms with Crippen molar-refractivity contribution in [3.05, 3.63) is 48.2 Å². The van der Waals surface area contributed by atoms with Gasteiger partial charge in [0.1, 0.15) is 4.90 Å². The second-order valence-corrected chi connectivity index (χ2v) is 7.12. The number of fused-ring (bicyclic) bond motifs is 4. The summed E-state index contributed by atoms with van der Waals surface area (Å²) < 4.78 is 25.9. The highest BCUT2D eigenvalue weighted by molar-refractivity contribution is 7.92. The topological polar surface area (TPSA) is 79.0 Å². The maximum atomic E-state index is 12.9. The fourth-order valence-corrected chi connectivity index (χ4v) is 4.57. The van der Waals surface area contributed by atoms with Gasteiger partial charge in [-0.1, -0.05) is 12.1 Å². The third-order valence-corrected chi connectivity index (χ3v) is 5.76. The first-order chi connectivity index (χ1) is 10.5. The number of nitrogens with one attached hydrogen (secondary N) is 2. The molecule has 0 saturated carbocycles. The Morgan fingerprint density at radius 1 is 1.05 bits per heavy atom. The van der Waals surface area contributed by atoms with Crippen LogP contribution in [-0.2, 0) is 9.84 Å². The minimum absolute atomic E-state index is 0.133. The van der Waals surface area contributed by atoms with E-state index in [0.29, 0.717) is 28.0 Å². The number of H-pyrrole nitrogens is 1. The van der Waals surface area contributed by atoms with Crippen molar-refractivity contribution in [3.63, 3.8) is 0 Å². The number of anilines is 2. The van der Waals surface area contributed by atoms with Crippen molar-refractivity contribution in [1.82, 2.24) is 4.98 Å². The molecule has 0 spiro atoms. The van der Waals surface area contributed by atoms with Crippen molar-refractivity contribution in [2.24, 2.45) is 0 Å². The van der Waals surface area contributed by atoms with Gasteiger partial charge in [-0.15, -0.1) is 0 Å². The van der Waals surface area contributed by atoms with E-state index < -0.39 is 9.84 Å². The number of sulfone groups is 1. The van der Waals surface area contributed by atoms with Crippen molar-refractivity contribution < 1.29 is 13.2 Å². The maximum Gasteiger partial charge on any atom is 0.211 e. The average molecular weight is 312 g/mol. The van der Waals surface area contributed by atoms with Crippen LogP contribution in [0.4, 0.5) is 11.4 Å². The number of Topliss-reactive ketones (excluding diaryl/α,β-unsaturated/α-hetero) is 1. The lowest BCUT2D eigenvalue weighted by Crippen LogP contribution is -2.13. The van der Waals surface area contributed by atoms with E-state index in [1.54, 1.807) is 42.5 Å². The molecule has 4 rings (SSSR count). The van der Waals surface area contributed by atoms with Gasteiger partial charge in [-0.05, 0) is 30.3 Å². The quantitative estimate of drug-likeness (QED) is 0.529. The highest BCUT2D eigenvalue weighted by atomic mass is 32.2. The van der Waals surface area contributed by atoms with Gasteiger partial charge < -0.3 is 10.3 Å². The van der Waals surface area contributed by atoms with Crippen molar-refractivity contribution in [1.29, 1.82) is 0 Å². The number of hydrogen-bond donors (Lipinski definition) is 2. The molecule has 0 fully saturated rings. The van der Waals surface area contributed by atoms with E-state index in [9.17, 15) is 13.2 Å². The first-order valence-electron chi connectivity index (χ1n) is 6.76. The summed E-state index contributed by atoms with van der Waals surface area (Å²) in [6.45, 7) is 1.44. The number of carbonyl (C=O) groups is 1. The Balaban J connectivity index is 2.10. The zero-order valence-corrected chi connectivity index (χ0v) is 12.5. The first-order valence-corrected chi connectivity index (χ1v) is 8.24. The molecule has 2 aromatic carbocycles.